The third-order valence-corrected chi connectivity index (χ3v) is 5.62. The molecule has 9 nitrogen and oxygen atoms in total. The van der Waals surface area contributed by atoms with Crippen molar-refractivity contribution in [2.24, 2.45) is 0 Å². The summed E-state index contributed by atoms with van der Waals surface area (Å²) in [5.74, 6) is -1.54. The summed E-state index contributed by atoms with van der Waals surface area (Å²) in [6.45, 7) is 3.44. The highest BCUT2D eigenvalue weighted by atomic mass is 16.6. The van der Waals surface area contributed by atoms with Gasteiger partial charge in [0.15, 0.2) is 11.5 Å². The Morgan fingerprint density at radius 2 is 1.29 bits per heavy atom. The van der Waals surface area contributed by atoms with Crippen LogP contribution in [0.4, 0.5) is 0 Å². The van der Waals surface area contributed by atoms with Crippen LogP contribution in [0.1, 0.15) is 35.7 Å². The van der Waals surface area contributed by atoms with Gasteiger partial charge in [-0.2, -0.15) is 0 Å². The molecule has 0 saturated heterocycles. The van der Waals surface area contributed by atoms with Crippen molar-refractivity contribution in [2.45, 2.75) is 19.8 Å². The maximum Gasteiger partial charge on any atom is 0.343 e. The Balaban J connectivity index is 2.03. The molecule has 0 saturated carbocycles. The highest BCUT2D eigenvalue weighted by Crippen LogP contribution is 2.42. The molecule has 0 bridgehead atoms. The summed E-state index contributed by atoms with van der Waals surface area (Å²) in [6.07, 6.45) is 0. The number of hydrogen-bond acceptors (Lipinski definition) is 9. The van der Waals surface area contributed by atoms with Crippen molar-refractivity contribution in [1.82, 2.24) is 5.32 Å². The van der Waals surface area contributed by atoms with Gasteiger partial charge < -0.3 is 29.0 Å². The zero-order valence-corrected chi connectivity index (χ0v) is 20.4. The molecule has 1 heterocycles. The predicted octanol–water partition coefficient (Wildman–Crippen LogP) is 3.50. The SMILES string of the molecule is COC(=O)C1=C(C)NC(C)=C(C(=O)OC)C1c1ccc(OC(=O)c2ccc(OC)cc2)c(OC)c1. The fourth-order valence-corrected chi connectivity index (χ4v) is 3.92. The van der Waals surface area contributed by atoms with Gasteiger partial charge in [-0.3, -0.25) is 0 Å². The van der Waals surface area contributed by atoms with Gasteiger partial charge in [-0.05, 0) is 55.8 Å². The lowest BCUT2D eigenvalue weighted by molar-refractivity contribution is -0.137. The fraction of sp³-hybridized carbons (Fsp3) is 0.269. The second kappa shape index (κ2) is 10.8. The highest BCUT2D eigenvalue weighted by molar-refractivity contribution is 6.00. The van der Waals surface area contributed by atoms with Gasteiger partial charge in [0.2, 0.25) is 0 Å². The number of allylic oxidation sites excluding steroid dienone is 2. The highest BCUT2D eigenvalue weighted by Gasteiger charge is 2.38. The predicted molar refractivity (Wildman–Crippen MR) is 126 cm³/mol. The van der Waals surface area contributed by atoms with Crippen LogP contribution >= 0.6 is 0 Å². The van der Waals surface area contributed by atoms with Gasteiger partial charge in [0, 0.05) is 11.4 Å². The summed E-state index contributed by atoms with van der Waals surface area (Å²) in [7, 11) is 5.50. The molecule has 1 N–H and O–H groups in total. The first-order valence-electron chi connectivity index (χ1n) is 10.6. The molecule has 184 valence electrons. The van der Waals surface area contributed by atoms with Gasteiger partial charge >= 0.3 is 17.9 Å². The largest absolute Gasteiger partial charge is 0.497 e. The van der Waals surface area contributed by atoms with Crippen molar-refractivity contribution < 1.29 is 38.1 Å². The summed E-state index contributed by atoms with van der Waals surface area (Å²) >= 11 is 0. The minimum atomic E-state index is -0.795. The van der Waals surface area contributed by atoms with Crippen LogP contribution in [0.5, 0.6) is 17.2 Å². The minimum absolute atomic E-state index is 0.173. The van der Waals surface area contributed by atoms with E-state index in [1.54, 1.807) is 56.3 Å². The number of nitrogens with one attached hydrogen (secondary N) is 1. The Bertz CT molecular complexity index is 1170. The zero-order chi connectivity index (χ0) is 25.7. The Kier molecular flexibility index (Phi) is 7.80. The number of esters is 3. The van der Waals surface area contributed by atoms with Crippen molar-refractivity contribution in [1.29, 1.82) is 0 Å². The Morgan fingerprint density at radius 1 is 0.714 bits per heavy atom. The van der Waals surface area contributed by atoms with Gasteiger partial charge in [-0.1, -0.05) is 6.07 Å². The van der Waals surface area contributed by atoms with E-state index in [0.717, 1.165) is 0 Å². The van der Waals surface area contributed by atoms with Crippen LogP contribution in [0.15, 0.2) is 65.0 Å². The second-order valence-electron chi connectivity index (χ2n) is 7.65. The molecule has 3 rings (SSSR count). The summed E-state index contributed by atoms with van der Waals surface area (Å²) < 4.78 is 26.1. The van der Waals surface area contributed by atoms with E-state index >= 15 is 0 Å². The van der Waals surface area contributed by atoms with E-state index in [4.69, 9.17) is 23.7 Å². The smallest absolute Gasteiger partial charge is 0.343 e. The molecule has 0 aliphatic carbocycles. The standard InChI is InChI=1S/C26H27NO8/c1-14-21(25(29)33-5)23(22(15(2)27-14)26(30)34-6)17-9-12-19(20(13-17)32-4)35-24(28)16-7-10-18(31-3)11-8-16/h7-13,23,27H,1-6H3. The zero-order valence-electron chi connectivity index (χ0n) is 20.4. The number of ether oxygens (including phenoxy) is 5. The average molecular weight is 482 g/mol. The van der Waals surface area contributed by atoms with Crippen LogP contribution in [0, 0.1) is 0 Å². The molecule has 9 heteroatoms. The molecule has 35 heavy (non-hydrogen) atoms. The second-order valence-corrected chi connectivity index (χ2v) is 7.65. The van der Waals surface area contributed by atoms with Crippen molar-refractivity contribution in [3.63, 3.8) is 0 Å². The van der Waals surface area contributed by atoms with Gasteiger partial charge in [-0.15, -0.1) is 0 Å². The number of rotatable bonds is 7. The molecule has 0 unspecified atom stereocenters. The molecule has 2 aromatic carbocycles. The van der Waals surface area contributed by atoms with E-state index in [0.29, 0.717) is 28.3 Å². The number of dihydropyridines is 1. The number of benzene rings is 2. The molecular weight excluding hydrogens is 454 g/mol. The molecule has 2 aromatic rings. The maximum absolute atomic E-state index is 12.7. The Hall–Kier alpha value is -4.27. The van der Waals surface area contributed by atoms with Gasteiger partial charge in [0.05, 0.1) is 51.1 Å². The summed E-state index contributed by atoms with van der Waals surface area (Å²) in [4.78, 5) is 38.0. The first kappa shape index (κ1) is 25.4. The lowest BCUT2D eigenvalue weighted by Crippen LogP contribution is -2.32. The van der Waals surface area contributed by atoms with E-state index in [1.165, 1.54) is 28.4 Å². The number of carbonyl (C=O) groups excluding carboxylic acids is 3. The number of methoxy groups -OCH3 is 4. The monoisotopic (exact) mass is 481 g/mol. The summed E-state index contributed by atoms with van der Waals surface area (Å²) in [6, 6.07) is 11.3. The van der Waals surface area contributed by atoms with Crippen molar-refractivity contribution >= 4 is 17.9 Å². The maximum atomic E-state index is 12.7. The molecule has 0 fully saturated rings. The van der Waals surface area contributed by atoms with E-state index in [1.807, 2.05) is 0 Å². The van der Waals surface area contributed by atoms with Crippen molar-refractivity contribution in [3.05, 3.63) is 76.1 Å². The number of hydrogen-bond donors (Lipinski definition) is 1. The molecule has 1 aliphatic rings. The molecule has 0 spiro atoms. The lowest BCUT2D eigenvalue weighted by atomic mass is 9.80. The Labute approximate surface area is 203 Å². The van der Waals surface area contributed by atoms with E-state index < -0.39 is 23.8 Å². The van der Waals surface area contributed by atoms with Crippen molar-refractivity contribution in [3.8, 4) is 17.2 Å². The summed E-state index contributed by atoms with van der Waals surface area (Å²) in [5, 5.41) is 3.05. The van der Waals surface area contributed by atoms with Gasteiger partial charge in [0.25, 0.3) is 0 Å². The van der Waals surface area contributed by atoms with Gasteiger partial charge in [0.1, 0.15) is 5.75 Å². The average Bonchev–Trinajstić information content (AvgIpc) is 2.87. The quantitative estimate of drug-likeness (QED) is 0.469. The van der Waals surface area contributed by atoms with Crippen molar-refractivity contribution in [2.75, 3.05) is 28.4 Å². The minimum Gasteiger partial charge on any atom is -0.497 e. The number of carbonyl (C=O) groups is 3. The van der Waals surface area contributed by atoms with Crippen LogP contribution in [-0.4, -0.2) is 46.3 Å². The van der Waals surface area contributed by atoms with Crippen LogP contribution in [0.2, 0.25) is 0 Å². The first-order valence-corrected chi connectivity index (χ1v) is 10.6. The molecule has 1 aliphatic heterocycles. The Morgan fingerprint density at radius 3 is 1.77 bits per heavy atom. The van der Waals surface area contributed by atoms with E-state index in [-0.39, 0.29) is 22.6 Å². The van der Waals surface area contributed by atoms with Crippen LogP contribution in [0.25, 0.3) is 0 Å². The molecule has 0 aromatic heterocycles. The third-order valence-electron chi connectivity index (χ3n) is 5.62. The normalized spacial score (nSPS) is 13.7. The summed E-state index contributed by atoms with van der Waals surface area (Å²) in [5.41, 5.74) is 2.47. The first-order chi connectivity index (χ1) is 16.7. The molecule has 0 radical (unpaired) electrons. The van der Waals surface area contributed by atoms with Crippen LogP contribution < -0.4 is 19.5 Å². The topological polar surface area (TPSA) is 109 Å². The lowest BCUT2D eigenvalue weighted by Gasteiger charge is -2.30. The van der Waals surface area contributed by atoms with Gasteiger partial charge in [-0.25, -0.2) is 14.4 Å². The van der Waals surface area contributed by atoms with E-state index in [9.17, 15) is 14.4 Å². The van der Waals surface area contributed by atoms with Crippen LogP contribution in [-0.2, 0) is 19.1 Å². The third kappa shape index (κ3) is 5.13. The molecule has 0 amide bonds. The molecule has 0 atom stereocenters. The fourth-order valence-electron chi connectivity index (χ4n) is 3.92. The van der Waals surface area contributed by atoms with Crippen LogP contribution in [0.3, 0.4) is 0 Å². The van der Waals surface area contributed by atoms with E-state index in [2.05, 4.69) is 5.32 Å². The molecular formula is C26H27NO8.